The fourth-order valence-electron chi connectivity index (χ4n) is 1.86. The number of rotatable bonds is 5. The lowest BCUT2D eigenvalue weighted by Gasteiger charge is -2.16. The molecule has 2 heterocycles. The predicted molar refractivity (Wildman–Crippen MR) is 78.6 cm³/mol. The van der Waals surface area contributed by atoms with Crippen LogP contribution in [0.4, 0.5) is 11.5 Å². The third-order valence-corrected chi connectivity index (χ3v) is 3.24. The van der Waals surface area contributed by atoms with Gasteiger partial charge in [-0.15, -0.1) is 0 Å². The van der Waals surface area contributed by atoms with Gasteiger partial charge in [-0.05, 0) is 22.9 Å². The van der Waals surface area contributed by atoms with Gasteiger partial charge in [-0.3, -0.25) is 14.8 Å². The van der Waals surface area contributed by atoms with Crippen molar-refractivity contribution < 1.29 is 4.92 Å². The normalized spacial score (nSPS) is 10.6. The maximum Gasteiger partial charge on any atom is 0.312 e. The summed E-state index contributed by atoms with van der Waals surface area (Å²) in [4.78, 5) is 16.5. The van der Waals surface area contributed by atoms with Crippen LogP contribution in [-0.2, 0) is 13.1 Å². The van der Waals surface area contributed by atoms with Gasteiger partial charge in [0.25, 0.3) is 0 Å². The van der Waals surface area contributed by atoms with Gasteiger partial charge in [0.05, 0.1) is 11.1 Å². The summed E-state index contributed by atoms with van der Waals surface area (Å²) < 4.78 is 2.40. The molecule has 7 nitrogen and oxygen atoms in total. The summed E-state index contributed by atoms with van der Waals surface area (Å²) in [5.74, 6) is 0.336. The van der Waals surface area contributed by atoms with E-state index in [0.29, 0.717) is 16.8 Å². The molecule has 0 unspecified atom stereocenters. The molecule has 0 saturated heterocycles. The first-order valence-electron chi connectivity index (χ1n) is 6.03. The van der Waals surface area contributed by atoms with Crippen LogP contribution in [0.5, 0.6) is 0 Å². The number of nitro groups is 1. The van der Waals surface area contributed by atoms with Gasteiger partial charge in [-0.1, -0.05) is 0 Å². The van der Waals surface area contributed by atoms with E-state index in [1.54, 1.807) is 24.3 Å². The van der Waals surface area contributed by atoms with E-state index in [4.69, 9.17) is 0 Å². The molecule has 106 valence electrons. The Morgan fingerprint density at radius 2 is 2.25 bits per heavy atom. The van der Waals surface area contributed by atoms with Crippen molar-refractivity contribution in [2.45, 2.75) is 20.0 Å². The maximum absolute atomic E-state index is 11.1. The first-order chi connectivity index (χ1) is 9.51. The van der Waals surface area contributed by atoms with Crippen LogP contribution in [0.3, 0.4) is 0 Å². The van der Waals surface area contributed by atoms with Gasteiger partial charge >= 0.3 is 5.69 Å². The fourth-order valence-corrected chi connectivity index (χ4v) is 2.18. The van der Waals surface area contributed by atoms with Gasteiger partial charge in [-0.25, -0.2) is 4.98 Å². The monoisotopic (exact) mass is 339 g/mol. The van der Waals surface area contributed by atoms with Crippen LogP contribution < -0.4 is 4.90 Å². The number of nitrogens with zero attached hydrogens (tertiary/aromatic N) is 5. The Morgan fingerprint density at radius 1 is 1.50 bits per heavy atom. The van der Waals surface area contributed by atoms with Gasteiger partial charge in [0, 0.05) is 48.6 Å². The second-order valence-electron chi connectivity index (χ2n) is 4.31. The summed E-state index contributed by atoms with van der Waals surface area (Å²) in [7, 11) is 1.77. The van der Waals surface area contributed by atoms with Crippen LogP contribution >= 0.6 is 15.9 Å². The number of anilines is 1. The molecule has 0 fully saturated rings. The van der Waals surface area contributed by atoms with E-state index >= 15 is 0 Å². The summed E-state index contributed by atoms with van der Waals surface area (Å²) in [5.41, 5.74) is 0.957. The van der Waals surface area contributed by atoms with Crippen LogP contribution in [0.2, 0.25) is 0 Å². The molecule has 0 aromatic carbocycles. The molecule has 0 bridgehead atoms. The summed E-state index contributed by atoms with van der Waals surface area (Å²) in [6.45, 7) is 3.30. The third-order valence-electron chi connectivity index (χ3n) is 2.80. The quantitative estimate of drug-likeness (QED) is 0.618. The van der Waals surface area contributed by atoms with Crippen molar-refractivity contribution in [1.29, 1.82) is 0 Å². The summed E-state index contributed by atoms with van der Waals surface area (Å²) in [6, 6.07) is 1.45. The molecule has 2 aromatic heterocycles. The van der Waals surface area contributed by atoms with E-state index in [-0.39, 0.29) is 5.69 Å². The van der Waals surface area contributed by atoms with E-state index in [2.05, 4.69) is 26.0 Å². The zero-order valence-electron chi connectivity index (χ0n) is 11.2. The van der Waals surface area contributed by atoms with Crippen LogP contribution in [0, 0.1) is 10.1 Å². The van der Waals surface area contributed by atoms with E-state index in [9.17, 15) is 10.1 Å². The summed E-state index contributed by atoms with van der Waals surface area (Å²) >= 11 is 3.19. The van der Waals surface area contributed by atoms with Crippen molar-refractivity contribution in [2.24, 2.45) is 0 Å². The zero-order valence-corrected chi connectivity index (χ0v) is 12.7. The lowest BCUT2D eigenvalue weighted by atomic mass is 10.3. The van der Waals surface area contributed by atoms with Crippen molar-refractivity contribution in [3.63, 3.8) is 0 Å². The average molecular weight is 340 g/mol. The first kappa shape index (κ1) is 14.4. The third kappa shape index (κ3) is 3.13. The highest BCUT2D eigenvalue weighted by Crippen LogP contribution is 2.28. The largest absolute Gasteiger partial charge is 0.350 e. The van der Waals surface area contributed by atoms with Crippen molar-refractivity contribution in [3.05, 3.63) is 44.8 Å². The van der Waals surface area contributed by atoms with Crippen LogP contribution in [-0.4, -0.2) is 26.7 Å². The Morgan fingerprint density at radius 3 is 2.85 bits per heavy atom. The number of halogens is 1. The van der Waals surface area contributed by atoms with Gasteiger partial charge < -0.3 is 4.90 Å². The first-order valence-corrected chi connectivity index (χ1v) is 6.83. The predicted octanol–water partition coefficient (Wildman–Crippen LogP) is 2.61. The Bertz CT molecular complexity index is 628. The highest BCUT2D eigenvalue weighted by molar-refractivity contribution is 9.10. The Balaban J connectivity index is 2.24. The molecular formula is C12H14BrN5O2. The second kappa shape index (κ2) is 6.00. The van der Waals surface area contributed by atoms with E-state index in [1.807, 2.05) is 17.8 Å². The number of pyridine rings is 1. The SMILES string of the molecule is CCn1cc(CN(C)c2ncc(Br)cc2[N+](=O)[O-])cn1. The summed E-state index contributed by atoms with van der Waals surface area (Å²) in [5, 5.41) is 15.3. The summed E-state index contributed by atoms with van der Waals surface area (Å²) in [6.07, 6.45) is 5.22. The fraction of sp³-hybridized carbons (Fsp3) is 0.333. The zero-order chi connectivity index (χ0) is 14.7. The van der Waals surface area contributed by atoms with E-state index in [0.717, 1.165) is 12.1 Å². The van der Waals surface area contributed by atoms with Crippen LogP contribution in [0.15, 0.2) is 29.1 Å². The highest BCUT2D eigenvalue weighted by Gasteiger charge is 2.19. The average Bonchev–Trinajstić information content (AvgIpc) is 2.86. The minimum absolute atomic E-state index is 0.0234. The van der Waals surface area contributed by atoms with Crippen molar-refractivity contribution in [1.82, 2.24) is 14.8 Å². The molecule has 0 aliphatic carbocycles. The van der Waals surface area contributed by atoms with Crippen molar-refractivity contribution >= 4 is 27.4 Å². The molecule has 0 radical (unpaired) electrons. The molecule has 2 rings (SSSR count). The topological polar surface area (TPSA) is 77.1 Å². The minimum atomic E-state index is -0.431. The van der Waals surface area contributed by atoms with Gasteiger partial charge in [-0.2, -0.15) is 5.10 Å². The standard InChI is InChI=1S/C12H14BrN5O2/c1-3-17-8-9(5-15-17)7-16(2)12-11(18(19)20)4-10(13)6-14-12/h4-6,8H,3,7H2,1-2H3. The van der Waals surface area contributed by atoms with E-state index in [1.165, 1.54) is 6.07 Å². The number of hydrogen-bond acceptors (Lipinski definition) is 5. The smallest absolute Gasteiger partial charge is 0.312 e. The maximum atomic E-state index is 11.1. The number of aryl methyl sites for hydroxylation is 1. The van der Waals surface area contributed by atoms with Gasteiger partial charge in [0.2, 0.25) is 5.82 Å². The van der Waals surface area contributed by atoms with Crippen molar-refractivity contribution in [2.75, 3.05) is 11.9 Å². The second-order valence-corrected chi connectivity index (χ2v) is 5.23. The van der Waals surface area contributed by atoms with Crippen LogP contribution in [0.1, 0.15) is 12.5 Å². The van der Waals surface area contributed by atoms with Crippen molar-refractivity contribution in [3.8, 4) is 0 Å². The molecule has 20 heavy (non-hydrogen) atoms. The Kier molecular flexibility index (Phi) is 4.33. The molecular weight excluding hydrogens is 326 g/mol. The molecule has 0 aliphatic heterocycles. The van der Waals surface area contributed by atoms with Gasteiger partial charge in [0.1, 0.15) is 0 Å². The number of hydrogen-bond donors (Lipinski definition) is 0. The highest BCUT2D eigenvalue weighted by atomic mass is 79.9. The van der Waals surface area contributed by atoms with Gasteiger partial charge in [0.15, 0.2) is 0 Å². The van der Waals surface area contributed by atoms with E-state index < -0.39 is 4.92 Å². The Hall–Kier alpha value is -1.96. The molecule has 0 spiro atoms. The molecule has 0 N–H and O–H groups in total. The minimum Gasteiger partial charge on any atom is -0.350 e. The molecule has 0 aliphatic rings. The van der Waals surface area contributed by atoms with Crippen LogP contribution in [0.25, 0.3) is 0 Å². The molecule has 0 saturated carbocycles. The molecule has 0 amide bonds. The lowest BCUT2D eigenvalue weighted by molar-refractivity contribution is -0.384. The number of aromatic nitrogens is 3. The lowest BCUT2D eigenvalue weighted by Crippen LogP contribution is -2.18. The molecule has 2 aromatic rings. The Labute approximate surface area is 124 Å². The molecule has 0 atom stereocenters. The molecule has 8 heteroatoms.